The molecule has 22 heavy (non-hydrogen) atoms. The Balaban J connectivity index is 2.00. The molecule has 2 atom stereocenters. The second-order valence-corrected chi connectivity index (χ2v) is 5.80. The van der Waals surface area contributed by atoms with Gasteiger partial charge in [-0.3, -0.25) is 4.79 Å². The standard InChI is InChI=1S/C17H16ClNO3/c1-19-10-14(20)16(17(19)21)13-9-11(18)7-8-15(13)22-12-5-3-2-4-6-12/h2-9,14,16,20H,10H2,1H3. The van der Waals surface area contributed by atoms with Crippen molar-refractivity contribution in [2.75, 3.05) is 13.6 Å². The van der Waals surface area contributed by atoms with Crippen LogP contribution in [-0.4, -0.2) is 35.6 Å². The third kappa shape index (κ3) is 2.80. The van der Waals surface area contributed by atoms with Crippen molar-refractivity contribution in [2.24, 2.45) is 0 Å². The molecular weight excluding hydrogens is 302 g/mol. The number of likely N-dealkylation sites (N-methyl/N-ethyl adjacent to an activating group) is 1. The van der Waals surface area contributed by atoms with E-state index in [9.17, 15) is 9.90 Å². The Morgan fingerprint density at radius 3 is 2.59 bits per heavy atom. The van der Waals surface area contributed by atoms with E-state index in [0.29, 0.717) is 28.6 Å². The van der Waals surface area contributed by atoms with Gasteiger partial charge in [0.05, 0.1) is 12.0 Å². The Hall–Kier alpha value is -2.04. The molecule has 0 radical (unpaired) electrons. The molecular formula is C17H16ClNO3. The maximum atomic E-state index is 12.3. The van der Waals surface area contributed by atoms with Crippen LogP contribution in [0.4, 0.5) is 0 Å². The number of hydrogen-bond donors (Lipinski definition) is 1. The molecule has 1 amide bonds. The maximum Gasteiger partial charge on any atom is 0.232 e. The third-order valence-electron chi connectivity index (χ3n) is 3.77. The summed E-state index contributed by atoms with van der Waals surface area (Å²) in [7, 11) is 1.67. The first-order chi connectivity index (χ1) is 10.6. The number of likely N-dealkylation sites (tertiary alicyclic amines) is 1. The Morgan fingerprint density at radius 2 is 1.95 bits per heavy atom. The van der Waals surface area contributed by atoms with Gasteiger partial charge in [0.25, 0.3) is 0 Å². The first-order valence-corrected chi connectivity index (χ1v) is 7.39. The molecule has 1 heterocycles. The van der Waals surface area contributed by atoms with E-state index in [1.54, 1.807) is 25.2 Å². The lowest BCUT2D eigenvalue weighted by atomic mass is 9.94. The highest BCUT2D eigenvalue weighted by Gasteiger charge is 2.40. The number of hydrogen-bond acceptors (Lipinski definition) is 3. The summed E-state index contributed by atoms with van der Waals surface area (Å²) in [6.07, 6.45) is -0.769. The first-order valence-electron chi connectivity index (χ1n) is 7.01. The number of ether oxygens (including phenoxy) is 1. The number of aliphatic hydroxyl groups excluding tert-OH is 1. The van der Waals surface area contributed by atoms with Crippen LogP contribution in [0.25, 0.3) is 0 Å². The number of nitrogens with zero attached hydrogens (tertiary/aromatic N) is 1. The van der Waals surface area contributed by atoms with Crippen LogP contribution in [0.2, 0.25) is 5.02 Å². The van der Waals surface area contributed by atoms with Crippen molar-refractivity contribution in [3.63, 3.8) is 0 Å². The van der Waals surface area contributed by atoms with Crippen LogP contribution in [0.5, 0.6) is 11.5 Å². The number of amides is 1. The quantitative estimate of drug-likeness (QED) is 0.946. The molecule has 3 rings (SSSR count). The van der Waals surface area contributed by atoms with Crippen LogP contribution in [0.1, 0.15) is 11.5 Å². The highest BCUT2D eigenvalue weighted by Crippen LogP contribution is 2.37. The molecule has 0 spiro atoms. The minimum atomic E-state index is -0.769. The number of carbonyl (C=O) groups is 1. The predicted molar refractivity (Wildman–Crippen MR) is 84.4 cm³/mol. The zero-order valence-electron chi connectivity index (χ0n) is 12.1. The van der Waals surface area contributed by atoms with Crippen molar-refractivity contribution in [1.29, 1.82) is 0 Å². The van der Waals surface area contributed by atoms with E-state index in [1.807, 2.05) is 30.3 Å². The zero-order chi connectivity index (χ0) is 15.7. The topological polar surface area (TPSA) is 49.8 Å². The van der Waals surface area contributed by atoms with E-state index in [0.717, 1.165) is 0 Å². The Bertz CT molecular complexity index is 690. The summed E-state index contributed by atoms with van der Waals surface area (Å²) in [4.78, 5) is 13.8. The molecule has 1 aliphatic heterocycles. The van der Waals surface area contributed by atoms with Crippen LogP contribution >= 0.6 is 11.6 Å². The van der Waals surface area contributed by atoms with Gasteiger partial charge in [0, 0.05) is 24.2 Å². The number of para-hydroxylation sites is 1. The average Bonchev–Trinajstić information content (AvgIpc) is 2.75. The largest absolute Gasteiger partial charge is 0.457 e. The highest BCUT2D eigenvalue weighted by atomic mass is 35.5. The average molecular weight is 318 g/mol. The second-order valence-electron chi connectivity index (χ2n) is 5.36. The van der Waals surface area contributed by atoms with Gasteiger partial charge in [-0.15, -0.1) is 0 Å². The van der Waals surface area contributed by atoms with Gasteiger partial charge in [0.1, 0.15) is 11.5 Å². The molecule has 1 N–H and O–H groups in total. The number of β-amino-alcohol motifs (C(OH)–C–C–N with tert-alkyl or cyclic N) is 1. The molecule has 2 aromatic carbocycles. The number of rotatable bonds is 3. The number of carbonyl (C=O) groups excluding carboxylic acids is 1. The normalized spacial score (nSPS) is 21.2. The SMILES string of the molecule is CN1CC(O)C(c2cc(Cl)ccc2Oc2ccccc2)C1=O. The van der Waals surface area contributed by atoms with Crippen LogP contribution in [0.3, 0.4) is 0 Å². The minimum absolute atomic E-state index is 0.132. The van der Waals surface area contributed by atoms with E-state index >= 15 is 0 Å². The summed E-state index contributed by atoms with van der Waals surface area (Å²) in [6, 6.07) is 14.4. The molecule has 0 bridgehead atoms. The molecule has 1 aliphatic rings. The summed E-state index contributed by atoms with van der Waals surface area (Å²) in [6.45, 7) is 0.306. The fourth-order valence-corrected chi connectivity index (χ4v) is 2.87. The van der Waals surface area contributed by atoms with Crippen LogP contribution in [0, 0.1) is 0 Å². The molecule has 5 heteroatoms. The maximum absolute atomic E-state index is 12.3. The van der Waals surface area contributed by atoms with Gasteiger partial charge in [0.2, 0.25) is 5.91 Å². The number of halogens is 1. The van der Waals surface area contributed by atoms with E-state index in [-0.39, 0.29) is 5.91 Å². The fraction of sp³-hybridized carbons (Fsp3) is 0.235. The number of benzene rings is 2. The van der Waals surface area contributed by atoms with E-state index in [2.05, 4.69) is 0 Å². The van der Waals surface area contributed by atoms with Crippen molar-refractivity contribution < 1.29 is 14.6 Å². The van der Waals surface area contributed by atoms with Crippen molar-refractivity contribution in [2.45, 2.75) is 12.0 Å². The molecule has 4 nitrogen and oxygen atoms in total. The zero-order valence-corrected chi connectivity index (χ0v) is 12.8. The van der Waals surface area contributed by atoms with E-state index < -0.39 is 12.0 Å². The molecule has 0 aromatic heterocycles. The summed E-state index contributed by atoms with van der Waals surface area (Å²) in [5.41, 5.74) is 0.609. The summed E-state index contributed by atoms with van der Waals surface area (Å²) in [5.74, 6) is 0.415. The smallest absolute Gasteiger partial charge is 0.232 e. The highest BCUT2D eigenvalue weighted by molar-refractivity contribution is 6.30. The molecule has 114 valence electrons. The Kier molecular flexibility index (Phi) is 4.05. The predicted octanol–water partition coefficient (Wildman–Crippen LogP) is 3.05. The molecule has 2 unspecified atom stereocenters. The van der Waals surface area contributed by atoms with E-state index in [1.165, 1.54) is 4.90 Å². The monoisotopic (exact) mass is 317 g/mol. The summed E-state index contributed by atoms with van der Waals surface area (Å²) >= 11 is 6.07. The lowest BCUT2D eigenvalue weighted by molar-refractivity contribution is -0.128. The fourth-order valence-electron chi connectivity index (χ4n) is 2.69. The second kappa shape index (κ2) is 5.99. The molecule has 0 saturated carbocycles. The summed E-state index contributed by atoms with van der Waals surface area (Å²) in [5, 5.41) is 10.7. The molecule has 2 aromatic rings. The third-order valence-corrected chi connectivity index (χ3v) is 4.00. The lowest BCUT2D eigenvalue weighted by Gasteiger charge is -2.17. The summed E-state index contributed by atoms with van der Waals surface area (Å²) < 4.78 is 5.87. The first kappa shape index (κ1) is 14.9. The van der Waals surface area contributed by atoms with E-state index in [4.69, 9.17) is 16.3 Å². The Labute approximate surface area is 133 Å². The van der Waals surface area contributed by atoms with Gasteiger partial charge in [0.15, 0.2) is 0 Å². The van der Waals surface area contributed by atoms with Gasteiger partial charge in [-0.05, 0) is 30.3 Å². The van der Waals surface area contributed by atoms with Gasteiger partial charge in [-0.2, -0.15) is 0 Å². The minimum Gasteiger partial charge on any atom is -0.457 e. The lowest BCUT2D eigenvalue weighted by Crippen LogP contribution is -2.22. The molecule has 1 fully saturated rings. The number of aliphatic hydroxyl groups is 1. The van der Waals surface area contributed by atoms with Crippen molar-refractivity contribution in [1.82, 2.24) is 4.90 Å². The molecule has 1 saturated heterocycles. The van der Waals surface area contributed by atoms with Gasteiger partial charge < -0.3 is 14.7 Å². The van der Waals surface area contributed by atoms with Gasteiger partial charge in [-0.1, -0.05) is 29.8 Å². The van der Waals surface area contributed by atoms with Gasteiger partial charge >= 0.3 is 0 Å². The molecule has 0 aliphatic carbocycles. The van der Waals surface area contributed by atoms with Crippen molar-refractivity contribution in [3.05, 3.63) is 59.1 Å². The van der Waals surface area contributed by atoms with Crippen LogP contribution in [-0.2, 0) is 4.79 Å². The van der Waals surface area contributed by atoms with Crippen LogP contribution in [0.15, 0.2) is 48.5 Å². The van der Waals surface area contributed by atoms with Gasteiger partial charge in [-0.25, -0.2) is 0 Å². The van der Waals surface area contributed by atoms with Crippen molar-refractivity contribution in [3.8, 4) is 11.5 Å². The van der Waals surface area contributed by atoms with Crippen LogP contribution < -0.4 is 4.74 Å². The Morgan fingerprint density at radius 1 is 1.23 bits per heavy atom. The van der Waals surface area contributed by atoms with Crippen molar-refractivity contribution >= 4 is 17.5 Å².